The summed E-state index contributed by atoms with van der Waals surface area (Å²) in [6.45, 7) is 5.61. The van der Waals surface area contributed by atoms with E-state index in [1.54, 1.807) is 33.9 Å². The molecule has 1 unspecified atom stereocenters. The fourth-order valence-electron chi connectivity index (χ4n) is 3.02. The summed E-state index contributed by atoms with van der Waals surface area (Å²) in [5.74, 6) is -0.355. The second kappa shape index (κ2) is 11.5. The van der Waals surface area contributed by atoms with Gasteiger partial charge in [-0.1, -0.05) is 24.3 Å². The van der Waals surface area contributed by atoms with Gasteiger partial charge in [-0.3, -0.25) is 18.5 Å². The molecule has 12 nitrogen and oxygen atoms in total. The molecule has 3 aromatic rings. The molecule has 0 saturated carbocycles. The van der Waals surface area contributed by atoms with Gasteiger partial charge in [0.1, 0.15) is 6.61 Å². The number of esters is 1. The van der Waals surface area contributed by atoms with Crippen molar-refractivity contribution in [3.8, 4) is 12.0 Å². The van der Waals surface area contributed by atoms with E-state index < -0.39 is 19.4 Å². The number of fused-ring (bicyclic) bond motifs is 1. The number of carbonyl (C=O) groups excluding carboxylic acids is 1. The summed E-state index contributed by atoms with van der Waals surface area (Å²) < 4.78 is 34.4. The SMILES string of the molecule is COCCOc1nc(N)c2nc(O)n(Cc3cccc(C[PH](=O)OCOC(=O)C(C)(C)C)c3)c2n1. The number of rotatable bonds is 11. The molecule has 0 amide bonds. The molecule has 0 saturated heterocycles. The average Bonchev–Trinajstić information content (AvgIpc) is 3.09. The molecular weight excluding hydrogens is 477 g/mol. The summed E-state index contributed by atoms with van der Waals surface area (Å²) in [4.78, 5) is 24.2. The van der Waals surface area contributed by atoms with Crippen molar-refractivity contribution in [1.82, 2.24) is 19.5 Å². The van der Waals surface area contributed by atoms with Crippen LogP contribution in [0.15, 0.2) is 24.3 Å². The van der Waals surface area contributed by atoms with Crippen LogP contribution in [0.4, 0.5) is 5.82 Å². The molecule has 0 spiro atoms. The monoisotopic (exact) mass is 507 g/mol. The van der Waals surface area contributed by atoms with E-state index in [4.69, 9.17) is 24.5 Å². The van der Waals surface area contributed by atoms with Crippen LogP contribution in [0.25, 0.3) is 11.2 Å². The van der Waals surface area contributed by atoms with Gasteiger partial charge >= 0.3 is 12.0 Å². The number of ether oxygens (including phenoxy) is 3. The minimum absolute atomic E-state index is 0.0462. The van der Waals surface area contributed by atoms with E-state index >= 15 is 0 Å². The maximum absolute atomic E-state index is 12.3. The molecule has 190 valence electrons. The van der Waals surface area contributed by atoms with Crippen molar-refractivity contribution >= 4 is 31.0 Å². The van der Waals surface area contributed by atoms with E-state index in [1.807, 2.05) is 18.2 Å². The second-order valence-corrected chi connectivity index (χ2v) is 10.1. The minimum Gasteiger partial charge on any atom is -0.480 e. The summed E-state index contributed by atoms with van der Waals surface area (Å²) in [6, 6.07) is 7.06. The van der Waals surface area contributed by atoms with Gasteiger partial charge in [-0.05, 0) is 31.9 Å². The van der Waals surface area contributed by atoms with Gasteiger partial charge in [0.2, 0.25) is 0 Å². The zero-order valence-corrected chi connectivity index (χ0v) is 21.1. The fraction of sp³-hybridized carbons (Fsp3) is 0.455. The number of anilines is 1. The van der Waals surface area contributed by atoms with Crippen LogP contribution in [0, 0.1) is 5.41 Å². The molecule has 2 heterocycles. The summed E-state index contributed by atoms with van der Waals surface area (Å²) >= 11 is 0. The molecule has 1 atom stereocenters. The molecule has 1 aromatic carbocycles. The Labute approximate surface area is 203 Å². The number of hydrogen-bond acceptors (Lipinski definition) is 11. The molecule has 0 fully saturated rings. The fourth-order valence-corrected chi connectivity index (χ4v) is 3.87. The quantitative estimate of drug-likeness (QED) is 0.170. The molecule has 0 aliphatic rings. The Balaban J connectivity index is 1.70. The molecule has 3 N–H and O–H groups in total. The van der Waals surface area contributed by atoms with Gasteiger partial charge in [0, 0.05) is 13.3 Å². The van der Waals surface area contributed by atoms with E-state index in [9.17, 15) is 14.5 Å². The molecule has 0 aliphatic heterocycles. The standard InChI is InChI=1S/C22H30N5O7P/c1-22(2,3)19(28)33-13-34-35(30)12-15-7-5-6-14(10-15)11-27-18-16(24-21(27)29)17(23)25-20(26-18)32-9-8-31-4/h5-7,10,35H,8-9,11-13H2,1-4H3,(H,24,29)(H2,23,25,26). The minimum atomic E-state index is -2.48. The molecule has 3 rings (SSSR count). The van der Waals surface area contributed by atoms with Crippen LogP contribution in [0.3, 0.4) is 0 Å². The number of carbonyl (C=O) groups is 1. The van der Waals surface area contributed by atoms with E-state index in [0.717, 1.165) is 11.1 Å². The lowest BCUT2D eigenvalue weighted by molar-refractivity contribution is -0.159. The van der Waals surface area contributed by atoms with Gasteiger partial charge in [-0.25, -0.2) is 0 Å². The zero-order chi connectivity index (χ0) is 25.6. The Bertz CT molecular complexity index is 1210. The summed E-state index contributed by atoms with van der Waals surface area (Å²) in [7, 11) is -0.935. The van der Waals surface area contributed by atoms with Crippen molar-refractivity contribution in [2.45, 2.75) is 33.5 Å². The summed E-state index contributed by atoms with van der Waals surface area (Å²) in [5, 5.41) is 10.4. The molecule has 0 aliphatic carbocycles. The Morgan fingerprint density at radius 1 is 1.17 bits per heavy atom. The second-order valence-electron chi connectivity index (χ2n) is 8.72. The summed E-state index contributed by atoms with van der Waals surface area (Å²) in [5.41, 5.74) is 7.43. The van der Waals surface area contributed by atoms with Crippen molar-refractivity contribution in [2.75, 3.05) is 32.9 Å². The lowest BCUT2D eigenvalue weighted by atomic mass is 9.98. The third-order valence-corrected chi connectivity index (χ3v) is 5.94. The maximum atomic E-state index is 12.3. The zero-order valence-electron chi connectivity index (χ0n) is 20.1. The predicted octanol–water partition coefficient (Wildman–Crippen LogP) is 2.73. The Morgan fingerprint density at radius 3 is 2.63 bits per heavy atom. The van der Waals surface area contributed by atoms with Gasteiger partial charge < -0.3 is 25.1 Å². The summed E-state index contributed by atoms with van der Waals surface area (Å²) in [6.07, 6.45) is 0.162. The van der Waals surface area contributed by atoms with Crippen LogP contribution in [0.1, 0.15) is 31.9 Å². The van der Waals surface area contributed by atoms with Crippen molar-refractivity contribution in [3.05, 3.63) is 35.4 Å². The van der Waals surface area contributed by atoms with Crippen LogP contribution in [0.2, 0.25) is 0 Å². The topological polar surface area (TPSA) is 161 Å². The van der Waals surface area contributed by atoms with E-state index in [2.05, 4.69) is 15.0 Å². The molecule has 2 aromatic heterocycles. The van der Waals surface area contributed by atoms with Crippen LogP contribution in [0.5, 0.6) is 12.0 Å². The first kappa shape index (κ1) is 26.4. The number of aromatic nitrogens is 4. The Hall–Kier alpha value is -3.21. The average molecular weight is 507 g/mol. The Morgan fingerprint density at radius 2 is 1.91 bits per heavy atom. The number of hydrogen-bond donors (Lipinski definition) is 2. The van der Waals surface area contributed by atoms with E-state index in [-0.39, 0.29) is 49.5 Å². The third-order valence-electron chi connectivity index (χ3n) is 4.80. The van der Waals surface area contributed by atoms with E-state index in [0.29, 0.717) is 12.3 Å². The van der Waals surface area contributed by atoms with Gasteiger partial charge in [0.25, 0.3) is 6.01 Å². The normalized spacial score (nSPS) is 12.6. The van der Waals surface area contributed by atoms with Gasteiger partial charge in [-0.2, -0.15) is 15.0 Å². The van der Waals surface area contributed by atoms with Crippen LogP contribution in [-0.4, -0.2) is 57.7 Å². The molecule has 35 heavy (non-hydrogen) atoms. The highest BCUT2D eigenvalue weighted by atomic mass is 31.1. The largest absolute Gasteiger partial charge is 0.480 e. The lowest BCUT2D eigenvalue weighted by Gasteiger charge is -2.16. The predicted molar refractivity (Wildman–Crippen MR) is 129 cm³/mol. The molecular formula is C22H30N5O7P. The number of nitrogens with two attached hydrogens (primary N) is 1. The van der Waals surface area contributed by atoms with E-state index in [1.165, 1.54) is 4.57 Å². The maximum Gasteiger partial charge on any atom is 0.320 e. The highest BCUT2D eigenvalue weighted by molar-refractivity contribution is 7.38. The van der Waals surface area contributed by atoms with Crippen molar-refractivity contribution in [1.29, 1.82) is 0 Å². The first-order chi connectivity index (χ1) is 16.6. The highest BCUT2D eigenvalue weighted by Gasteiger charge is 2.23. The number of benzene rings is 1. The van der Waals surface area contributed by atoms with Crippen LogP contribution in [-0.2, 0) is 36.1 Å². The lowest BCUT2D eigenvalue weighted by Crippen LogP contribution is -2.23. The number of nitrogen functional groups attached to an aromatic ring is 1. The van der Waals surface area contributed by atoms with Crippen molar-refractivity contribution in [2.24, 2.45) is 5.41 Å². The third kappa shape index (κ3) is 7.14. The first-order valence-electron chi connectivity index (χ1n) is 10.8. The Kier molecular flexibility index (Phi) is 8.66. The van der Waals surface area contributed by atoms with Crippen LogP contribution < -0.4 is 10.5 Å². The number of aromatic hydroxyl groups is 1. The first-order valence-corrected chi connectivity index (χ1v) is 12.4. The van der Waals surface area contributed by atoms with Crippen molar-refractivity contribution in [3.63, 3.8) is 0 Å². The van der Waals surface area contributed by atoms with Gasteiger partial charge in [-0.15, -0.1) is 0 Å². The molecule has 0 bridgehead atoms. The van der Waals surface area contributed by atoms with Crippen molar-refractivity contribution < 1.29 is 33.2 Å². The number of imidazole rings is 1. The van der Waals surface area contributed by atoms with Crippen LogP contribution >= 0.6 is 8.03 Å². The van der Waals surface area contributed by atoms with Gasteiger partial charge in [0.15, 0.2) is 31.8 Å². The number of methoxy groups -OCH3 is 1. The highest BCUT2D eigenvalue weighted by Crippen LogP contribution is 2.30. The molecule has 13 heteroatoms. The molecule has 0 radical (unpaired) electrons. The van der Waals surface area contributed by atoms with Gasteiger partial charge in [0.05, 0.1) is 18.6 Å². The smallest absolute Gasteiger partial charge is 0.320 e. The number of nitrogens with zero attached hydrogens (tertiary/aromatic N) is 4.